The van der Waals surface area contributed by atoms with E-state index in [1.54, 1.807) is 13.4 Å². The van der Waals surface area contributed by atoms with Crippen molar-refractivity contribution in [3.8, 4) is 0 Å². The number of benzene rings is 1. The van der Waals surface area contributed by atoms with Gasteiger partial charge in [0.15, 0.2) is 0 Å². The highest BCUT2D eigenvalue weighted by atomic mass is 16.5. The summed E-state index contributed by atoms with van der Waals surface area (Å²) in [5, 5.41) is 2.98. The highest BCUT2D eigenvalue weighted by Gasteiger charge is 2.21. The lowest BCUT2D eigenvalue weighted by Crippen LogP contribution is -2.31. The van der Waals surface area contributed by atoms with Gasteiger partial charge in [-0.2, -0.15) is 0 Å². The van der Waals surface area contributed by atoms with Gasteiger partial charge in [0, 0.05) is 26.7 Å². The Labute approximate surface area is 131 Å². The third-order valence-corrected chi connectivity index (χ3v) is 3.61. The van der Waals surface area contributed by atoms with Crippen molar-refractivity contribution in [1.29, 1.82) is 0 Å². The van der Waals surface area contributed by atoms with Crippen LogP contribution in [0.2, 0.25) is 0 Å². The molecule has 2 rings (SSSR count). The van der Waals surface area contributed by atoms with Crippen LogP contribution in [0.1, 0.15) is 29.2 Å². The minimum Gasteiger partial charge on any atom is -0.469 e. The van der Waals surface area contributed by atoms with E-state index in [0.29, 0.717) is 19.6 Å². The number of methoxy groups -OCH3 is 1. The Bertz CT molecular complexity index is 561. The molecule has 4 nitrogen and oxygen atoms in total. The van der Waals surface area contributed by atoms with Gasteiger partial charge in [-0.15, -0.1) is 0 Å². The van der Waals surface area contributed by atoms with Crippen LogP contribution in [0.4, 0.5) is 0 Å². The molecule has 0 aliphatic heterocycles. The van der Waals surface area contributed by atoms with Gasteiger partial charge < -0.3 is 14.5 Å². The van der Waals surface area contributed by atoms with Gasteiger partial charge in [0.1, 0.15) is 5.76 Å². The van der Waals surface area contributed by atoms with Crippen molar-refractivity contribution in [3.05, 3.63) is 59.5 Å². The summed E-state index contributed by atoms with van der Waals surface area (Å²) in [6.07, 6.45) is 3.01. The van der Waals surface area contributed by atoms with E-state index < -0.39 is 0 Å². The highest BCUT2D eigenvalue weighted by Crippen LogP contribution is 2.22. The first-order valence-corrected chi connectivity index (χ1v) is 7.56. The molecule has 1 N–H and O–H groups in total. The summed E-state index contributed by atoms with van der Waals surface area (Å²) in [4.78, 5) is 12.5. The van der Waals surface area contributed by atoms with Gasteiger partial charge in [-0.3, -0.25) is 4.79 Å². The number of furan rings is 1. The maximum Gasteiger partial charge on any atom is 0.228 e. The van der Waals surface area contributed by atoms with Crippen LogP contribution in [0.3, 0.4) is 0 Å². The Morgan fingerprint density at radius 2 is 2.05 bits per heavy atom. The first-order chi connectivity index (χ1) is 10.7. The van der Waals surface area contributed by atoms with Gasteiger partial charge in [-0.05, 0) is 31.0 Å². The summed E-state index contributed by atoms with van der Waals surface area (Å²) < 4.78 is 10.4. The van der Waals surface area contributed by atoms with Crippen molar-refractivity contribution >= 4 is 5.91 Å². The summed E-state index contributed by atoms with van der Waals surface area (Å²) >= 11 is 0. The van der Waals surface area contributed by atoms with Gasteiger partial charge in [0.05, 0.1) is 12.2 Å². The summed E-state index contributed by atoms with van der Waals surface area (Å²) in [5.74, 6) is 0.600. The second-order valence-electron chi connectivity index (χ2n) is 5.38. The summed E-state index contributed by atoms with van der Waals surface area (Å²) in [6.45, 7) is 3.30. The van der Waals surface area contributed by atoms with Gasteiger partial charge in [-0.25, -0.2) is 0 Å². The van der Waals surface area contributed by atoms with Crippen LogP contribution < -0.4 is 5.32 Å². The number of carbonyl (C=O) groups excluding carboxylic acids is 1. The fraction of sp³-hybridized carbons (Fsp3) is 0.389. The summed E-state index contributed by atoms with van der Waals surface area (Å²) in [6, 6.07) is 11.8. The number of aryl methyl sites for hydroxylation is 1. The Kier molecular flexibility index (Phi) is 6.22. The topological polar surface area (TPSA) is 51.5 Å². The zero-order valence-electron chi connectivity index (χ0n) is 13.2. The van der Waals surface area contributed by atoms with E-state index in [1.165, 1.54) is 5.56 Å². The lowest BCUT2D eigenvalue weighted by atomic mass is 9.93. The average molecular weight is 301 g/mol. The molecule has 1 aromatic heterocycles. The minimum atomic E-state index is -0.241. The lowest BCUT2D eigenvalue weighted by molar-refractivity contribution is -0.122. The smallest absolute Gasteiger partial charge is 0.228 e. The van der Waals surface area contributed by atoms with Crippen molar-refractivity contribution in [2.75, 3.05) is 20.3 Å². The first kappa shape index (κ1) is 16.3. The van der Waals surface area contributed by atoms with Crippen LogP contribution in [0.25, 0.3) is 0 Å². The van der Waals surface area contributed by atoms with Gasteiger partial charge in [-0.1, -0.05) is 29.8 Å². The van der Waals surface area contributed by atoms with E-state index in [1.807, 2.05) is 43.3 Å². The molecule has 22 heavy (non-hydrogen) atoms. The number of hydrogen-bond acceptors (Lipinski definition) is 3. The molecule has 0 bridgehead atoms. The molecule has 0 spiro atoms. The number of ether oxygens (including phenoxy) is 1. The Balaban J connectivity index is 2.07. The quantitative estimate of drug-likeness (QED) is 0.762. The third kappa shape index (κ3) is 4.74. The normalized spacial score (nSPS) is 12.1. The molecule has 1 heterocycles. The van der Waals surface area contributed by atoms with Gasteiger partial charge in [0.25, 0.3) is 0 Å². The van der Waals surface area contributed by atoms with Crippen LogP contribution in [0.15, 0.2) is 47.1 Å². The van der Waals surface area contributed by atoms with Gasteiger partial charge in [0.2, 0.25) is 5.91 Å². The minimum absolute atomic E-state index is 0.0244. The zero-order valence-corrected chi connectivity index (χ0v) is 13.2. The molecule has 0 aliphatic rings. The standard InChI is InChI=1S/C18H23NO3/c1-14-6-8-15(9-7-14)17(13-16-5-3-12-22-16)18(20)19-10-4-11-21-2/h3,5-9,12,17H,4,10-11,13H2,1-2H3,(H,19,20). The Morgan fingerprint density at radius 3 is 2.68 bits per heavy atom. The predicted molar refractivity (Wildman–Crippen MR) is 85.8 cm³/mol. The number of hydrogen-bond donors (Lipinski definition) is 1. The fourth-order valence-electron chi connectivity index (χ4n) is 2.34. The Hall–Kier alpha value is -2.07. The molecule has 0 saturated carbocycles. The molecule has 2 aromatic rings. The molecular formula is C18H23NO3. The maximum atomic E-state index is 12.5. The molecule has 1 amide bonds. The average Bonchev–Trinajstić information content (AvgIpc) is 3.03. The van der Waals surface area contributed by atoms with E-state index in [0.717, 1.165) is 17.7 Å². The van der Waals surface area contributed by atoms with Crippen molar-refractivity contribution in [3.63, 3.8) is 0 Å². The van der Waals surface area contributed by atoms with E-state index in [4.69, 9.17) is 9.15 Å². The van der Waals surface area contributed by atoms with Crippen LogP contribution in [0.5, 0.6) is 0 Å². The molecule has 0 radical (unpaired) electrons. The second-order valence-corrected chi connectivity index (χ2v) is 5.38. The summed E-state index contributed by atoms with van der Waals surface area (Å²) in [5.41, 5.74) is 2.19. The molecule has 1 atom stereocenters. The predicted octanol–water partition coefficient (Wildman–Crippen LogP) is 3.07. The molecule has 0 fully saturated rings. The molecular weight excluding hydrogens is 278 g/mol. The van der Waals surface area contributed by atoms with E-state index in [-0.39, 0.29) is 11.8 Å². The monoisotopic (exact) mass is 301 g/mol. The molecule has 118 valence electrons. The molecule has 1 aromatic carbocycles. The lowest BCUT2D eigenvalue weighted by Gasteiger charge is -2.16. The number of nitrogens with one attached hydrogen (secondary N) is 1. The molecule has 0 aliphatic carbocycles. The van der Waals surface area contributed by atoms with Gasteiger partial charge >= 0.3 is 0 Å². The van der Waals surface area contributed by atoms with Crippen LogP contribution in [-0.2, 0) is 16.0 Å². The largest absolute Gasteiger partial charge is 0.469 e. The number of carbonyl (C=O) groups is 1. The number of rotatable bonds is 8. The molecule has 4 heteroatoms. The van der Waals surface area contributed by atoms with Crippen molar-refractivity contribution in [2.45, 2.75) is 25.7 Å². The van der Waals surface area contributed by atoms with E-state index >= 15 is 0 Å². The summed E-state index contributed by atoms with van der Waals surface area (Å²) in [7, 11) is 1.66. The van der Waals surface area contributed by atoms with E-state index in [2.05, 4.69) is 5.32 Å². The van der Waals surface area contributed by atoms with Crippen LogP contribution in [0, 0.1) is 6.92 Å². The van der Waals surface area contributed by atoms with Crippen molar-refractivity contribution in [2.24, 2.45) is 0 Å². The first-order valence-electron chi connectivity index (χ1n) is 7.56. The SMILES string of the molecule is COCCCNC(=O)C(Cc1ccco1)c1ccc(C)cc1. The maximum absolute atomic E-state index is 12.5. The Morgan fingerprint density at radius 1 is 1.27 bits per heavy atom. The van der Waals surface area contributed by atoms with Crippen LogP contribution in [-0.4, -0.2) is 26.2 Å². The zero-order chi connectivity index (χ0) is 15.8. The van der Waals surface area contributed by atoms with Crippen molar-refractivity contribution in [1.82, 2.24) is 5.32 Å². The third-order valence-electron chi connectivity index (χ3n) is 3.61. The molecule has 0 saturated heterocycles. The second kappa shape index (κ2) is 8.39. The van der Waals surface area contributed by atoms with Crippen LogP contribution >= 0.6 is 0 Å². The number of amides is 1. The fourth-order valence-corrected chi connectivity index (χ4v) is 2.34. The van der Waals surface area contributed by atoms with Crippen molar-refractivity contribution < 1.29 is 13.9 Å². The molecule has 1 unspecified atom stereocenters. The highest BCUT2D eigenvalue weighted by molar-refractivity contribution is 5.83. The van der Waals surface area contributed by atoms with E-state index in [9.17, 15) is 4.79 Å².